The Labute approximate surface area is 150 Å². The molecule has 0 bridgehead atoms. The van der Waals surface area contributed by atoms with Crippen molar-refractivity contribution in [2.45, 2.75) is 82.8 Å². The Morgan fingerprint density at radius 1 is 0.960 bits per heavy atom. The lowest BCUT2D eigenvalue weighted by molar-refractivity contribution is -0.200. The minimum absolute atomic E-state index is 0.0739. The number of aliphatic hydroxyl groups excluding tert-OH is 2. The first-order chi connectivity index (χ1) is 11.7. The van der Waals surface area contributed by atoms with Crippen molar-refractivity contribution in [3.05, 3.63) is 0 Å². The second-order valence-electron chi connectivity index (χ2n) is 9.76. The number of halogens is 1. The van der Waals surface area contributed by atoms with Gasteiger partial charge < -0.3 is 15.3 Å². The Morgan fingerprint density at radius 2 is 1.64 bits per heavy atom. The lowest BCUT2D eigenvalue weighted by Gasteiger charge is -2.62. The molecule has 25 heavy (non-hydrogen) atoms. The van der Waals surface area contributed by atoms with E-state index in [1.807, 2.05) is 0 Å². The third-order valence-electron chi connectivity index (χ3n) is 9.09. The fourth-order valence-corrected chi connectivity index (χ4v) is 7.47. The number of hydrogen-bond acceptors (Lipinski definition) is 3. The number of terminal acetylenes is 1. The standard InChI is InChI=1S/C21H31FO3/c1-4-21(25)10-6-13-17-12(5-9-20(13,21)3)19(2)8-7-15(23)18(22)14(19)11-16(17)24/h1,12-18,23-25H,5-11H2,2-3H3/t12-,13-,14?,15-,16-,17+,18+,19+,20-,21-/m0/s1. The lowest BCUT2D eigenvalue weighted by atomic mass is 9.43. The zero-order chi connectivity index (χ0) is 18.2. The Kier molecular flexibility index (Phi) is 3.87. The summed E-state index contributed by atoms with van der Waals surface area (Å²) in [6.07, 6.45) is 7.83. The van der Waals surface area contributed by atoms with Crippen LogP contribution in [0, 0.1) is 46.8 Å². The van der Waals surface area contributed by atoms with E-state index in [2.05, 4.69) is 19.8 Å². The molecule has 0 heterocycles. The molecule has 4 aliphatic carbocycles. The van der Waals surface area contributed by atoms with Crippen molar-refractivity contribution in [2.75, 3.05) is 0 Å². The predicted octanol–water partition coefficient (Wildman–Crippen LogP) is 2.67. The Morgan fingerprint density at radius 3 is 2.32 bits per heavy atom. The average molecular weight is 350 g/mol. The maximum atomic E-state index is 14.8. The van der Waals surface area contributed by atoms with E-state index < -0.39 is 24.0 Å². The number of rotatable bonds is 0. The molecule has 0 amide bonds. The molecule has 0 aromatic rings. The van der Waals surface area contributed by atoms with E-state index >= 15 is 0 Å². The van der Waals surface area contributed by atoms with Gasteiger partial charge in [-0.3, -0.25) is 0 Å². The molecule has 0 aromatic heterocycles. The quantitative estimate of drug-likeness (QED) is 0.589. The van der Waals surface area contributed by atoms with Crippen molar-refractivity contribution in [2.24, 2.45) is 34.5 Å². The van der Waals surface area contributed by atoms with E-state index in [4.69, 9.17) is 6.42 Å². The number of hydrogen-bond donors (Lipinski definition) is 3. The van der Waals surface area contributed by atoms with Crippen LogP contribution in [0.15, 0.2) is 0 Å². The van der Waals surface area contributed by atoms with Crippen molar-refractivity contribution >= 4 is 0 Å². The Hall–Kier alpha value is -0.630. The second-order valence-corrected chi connectivity index (χ2v) is 9.76. The number of fused-ring (bicyclic) bond motifs is 5. The van der Waals surface area contributed by atoms with Crippen LogP contribution in [0.4, 0.5) is 4.39 Å². The van der Waals surface area contributed by atoms with Gasteiger partial charge in [0, 0.05) is 11.3 Å². The smallest absolute Gasteiger partial charge is 0.130 e. The van der Waals surface area contributed by atoms with Crippen molar-refractivity contribution in [1.29, 1.82) is 0 Å². The van der Waals surface area contributed by atoms with E-state index in [1.54, 1.807) is 0 Å². The third kappa shape index (κ3) is 2.10. The summed E-state index contributed by atoms with van der Waals surface area (Å²) in [7, 11) is 0. The molecule has 4 rings (SSSR count). The maximum Gasteiger partial charge on any atom is 0.130 e. The van der Waals surface area contributed by atoms with Crippen molar-refractivity contribution in [3.8, 4) is 12.3 Å². The number of alkyl halides is 1. The van der Waals surface area contributed by atoms with E-state index in [-0.39, 0.29) is 34.5 Å². The van der Waals surface area contributed by atoms with Crippen LogP contribution in [0.3, 0.4) is 0 Å². The molecule has 0 aromatic carbocycles. The molecule has 4 saturated carbocycles. The topological polar surface area (TPSA) is 60.7 Å². The average Bonchev–Trinajstić information content (AvgIpc) is 2.86. The monoisotopic (exact) mass is 350 g/mol. The second kappa shape index (κ2) is 5.44. The summed E-state index contributed by atoms with van der Waals surface area (Å²) in [5.74, 6) is 2.88. The molecule has 3 N–H and O–H groups in total. The van der Waals surface area contributed by atoms with Gasteiger partial charge in [0.15, 0.2) is 0 Å². The van der Waals surface area contributed by atoms with E-state index in [0.717, 1.165) is 25.7 Å². The molecule has 0 saturated heterocycles. The molecule has 4 aliphatic rings. The van der Waals surface area contributed by atoms with Crippen LogP contribution in [-0.2, 0) is 0 Å². The first-order valence-corrected chi connectivity index (χ1v) is 9.88. The summed E-state index contributed by atoms with van der Waals surface area (Å²) < 4.78 is 14.8. The maximum absolute atomic E-state index is 14.8. The molecule has 0 spiro atoms. The van der Waals surface area contributed by atoms with Crippen molar-refractivity contribution in [3.63, 3.8) is 0 Å². The van der Waals surface area contributed by atoms with Crippen LogP contribution in [0.5, 0.6) is 0 Å². The minimum atomic E-state index is -1.24. The van der Waals surface area contributed by atoms with Gasteiger partial charge in [0.05, 0.1) is 12.2 Å². The Bertz CT molecular complexity index is 602. The summed E-state index contributed by atoms with van der Waals surface area (Å²) in [4.78, 5) is 0. The summed E-state index contributed by atoms with van der Waals surface area (Å²) >= 11 is 0. The minimum Gasteiger partial charge on any atom is -0.393 e. The molecule has 10 atom stereocenters. The van der Waals surface area contributed by atoms with Crippen LogP contribution in [-0.4, -0.2) is 39.3 Å². The van der Waals surface area contributed by atoms with E-state index in [1.165, 1.54) is 0 Å². The zero-order valence-electron chi connectivity index (χ0n) is 15.3. The van der Waals surface area contributed by atoms with Gasteiger partial charge in [-0.15, -0.1) is 6.42 Å². The highest BCUT2D eigenvalue weighted by molar-refractivity contribution is 5.24. The van der Waals surface area contributed by atoms with Gasteiger partial charge in [-0.05, 0) is 68.1 Å². The van der Waals surface area contributed by atoms with Crippen molar-refractivity contribution < 1.29 is 19.7 Å². The summed E-state index contributed by atoms with van der Waals surface area (Å²) in [6, 6.07) is 0. The van der Waals surface area contributed by atoms with Crippen LogP contribution >= 0.6 is 0 Å². The van der Waals surface area contributed by atoms with Crippen molar-refractivity contribution in [1.82, 2.24) is 0 Å². The molecule has 3 nitrogen and oxygen atoms in total. The molecular formula is C21H31FO3. The molecule has 140 valence electrons. The van der Waals surface area contributed by atoms with Crippen LogP contribution < -0.4 is 0 Å². The van der Waals surface area contributed by atoms with E-state index in [0.29, 0.717) is 19.3 Å². The molecule has 4 heteroatoms. The summed E-state index contributed by atoms with van der Waals surface area (Å²) in [5, 5.41) is 32.0. The van der Waals surface area contributed by atoms with Crippen LogP contribution in [0.2, 0.25) is 0 Å². The Balaban J connectivity index is 1.71. The SMILES string of the molecule is C#C[C@]1(O)CC[C@H]2[C@@H]3[C@@H](O)CC4[C@@H](F)[C@@H](O)CC[C@]4(C)[C@H]3CC[C@@]21C. The van der Waals surface area contributed by atoms with Gasteiger partial charge >= 0.3 is 0 Å². The van der Waals surface area contributed by atoms with Crippen LogP contribution in [0.1, 0.15) is 58.8 Å². The van der Waals surface area contributed by atoms with Gasteiger partial charge in [-0.2, -0.15) is 0 Å². The highest BCUT2D eigenvalue weighted by Crippen LogP contribution is 2.68. The fourth-order valence-electron chi connectivity index (χ4n) is 7.47. The highest BCUT2D eigenvalue weighted by Gasteiger charge is 2.67. The van der Waals surface area contributed by atoms with Gasteiger partial charge in [-0.1, -0.05) is 19.8 Å². The normalized spacial score (nSPS) is 60.9. The first kappa shape index (κ1) is 17.8. The molecule has 1 unspecified atom stereocenters. The fraction of sp³-hybridized carbons (Fsp3) is 0.905. The zero-order valence-corrected chi connectivity index (χ0v) is 15.3. The van der Waals surface area contributed by atoms with Gasteiger partial charge in [0.25, 0.3) is 0 Å². The lowest BCUT2D eigenvalue weighted by Crippen LogP contribution is -2.62. The van der Waals surface area contributed by atoms with Gasteiger partial charge in [0.2, 0.25) is 0 Å². The van der Waals surface area contributed by atoms with E-state index in [9.17, 15) is 19.7 Å². The molecule has 4 fully saturated rings. The largest absolute Gasteiger partial charge is 0.393 e. The molecule has 0 radical (unpaired) electrons. The first-order valence-electron chi connectivity index (χ1n) is 9.88. The highest BCUT2D eigenvalue weighted by atomic mass is 19.1. The van der Waals surface area contributed by atoms with Gasteiger partial charge in [0.1, 0.15) is 11.8 Å². The summed E-state index contributed by atoms with van der Waals surface area (Å²) in [6.45, 7) is 4.26. The van der Waals surface area contributed by atoms with Crippen LogP contribution in [0.25, 0.3) is 0 Å². The molecule has 0 aliphatic heterocycles. The molecular weight excluding hydrogens is 319 g/mol. The number of aliphatic hydroxyl groups is 3. The summed E-state index contributed by atoms with van der Waals surface area (Å²) in [5.41, 5.74) is -1.64. The van der Waals surface area contributed by atoms with Gasteiger partial charge in [-0.25, -0.2) is 4.39 Å². The third-order valence-corrected chi connectivity index (χ3v) is 9.09. The predicted molar refractivity (Wildman–Crippen MR) is 93.2 cm³/mol.